The maximum absolute atomic E-state index is 12.5. The zero-order chi connectivity index (χ0) is 17.3. The van der Waals surface area contributed by atoms with Crippen LogP contribution in [0.15, 0.2) is 42.5 Å². The molecule has 4 nitrogen and oxygen atoms in total. The van der Waals surface area contributed by atoms with Gasteiger partial charge in [-0.05, 0) is 55.2 Å². The van der Waals surface area contributed by atoms with Gasteiger partial charge in [-0.25, -0.2) is 0 Å². The number of carbonyl (C=O) groups excluding carboxylic acids is 2. The van der Waals surface area contributed by atoms with Crippen molar-refractivity contribution in [3.8, 4) is 0 Å². The minimum atomic E-state index is -0.446. The first kappa shape index (κ1) is 16.2. The van der Waals surface area contributed by atoms with Crippen LogP contribution in [0.5, 0.6) is 0 Å². The first-order chi connectivity index (χ1) is 11.5. The summed E-state index contributed by atoms with van der Waals surface area (Å²) in [6, 6.07) is 13.8. The quantitative estimate of drug-likeness (QED) is 0.815. The number of benzene rings is 2. The highest BCUT2D eigenvalue weighted by atomic mass is 16.2. The molecule has 124 valence electrons. The highest BCUT2D eigenvalue weighted by Gasteiger charge is 2.33. The van der Waals surface area contributed by atoms with Crippen molar-refractivity contribution in [2.24, 2.45) is 0 Å². The molecule has 2 amide bonds. The standard InChI is InChI=1S/C20H22N2O2/c1-14-8-9-18(12-16(14)3)22-11-10-21(19(23)20(22)24)13-17-7-5-4-6-15(17)2/h4-9,12H,10-11,13H2,1-3H3. The molecule has 4 heteroatoms. The first-order valence-corrected chi connectivity index (χ1v) is 8.20. The summed E-state index contributed by atoms with van der Waals surface area (Å²) in [5.74, 6) is -0.874. The fourth-order valence-electron chi connectivity index (χ4n) is 2.96. The van der Waals surface area contributed by atoms with Gasteiger partial charge in [0.05, 0.1) is 0 Å². The van der Waals surface area contributed by atoms with E-state index in [0.717, 1.165) is 22.4 Å². The Morgan fingerprint density at radius 1 is 0.833 bits per heavy atom. The van der Waals surface area contributed by atoms with Crippen molar-refractivity contribution in [3.05, 3.63) is 64.7 Å². The molecule has 0 aliphatic carbocycles. The van der Waals surface area contributed by atoms with Crippen LogP contribution in [-0.2, 0) is 16.1 Å². The fourth-order valence-corrected chi connectivity index (χ4v) is 2.96. The Labute approximate surface area is 142 Å². The Morgan fingerprint density at radius 2 is 1.58 bits per heavy atom. The molecule has 0 bridgehead atoms. The molecule has 0 atom stereocenters. The highest BCUT2D eigenvalue weighted by molar-refractivity contribution is 6.40. The van der Waals surface area contributed by atoms with Gasteiger partial charge in [-0.15, -0.1) is 0 Å². The summed E-state index contributed by atoms with van der Waals surface area (Å²) in [5, 5.41) is 0. The molecule has 0 radical (unpaired) electrons. The number of carbonyl (C=O) groups is 2. The van der Waals surface area contributed by atoms with Crippen molar-refractivity contribution in [1.82, 2.24) is 4.90 Å². The lowest BCUT2D eigenvalue weighted by Crippen LogP contribution is -2.54. The van der Waals surface area contributed by atoms with Crippen LogP contribution in [-0.4, -0.2) is 29.8 Å². The molecule has 24 heavy (non-hydrogen) atoms. The molecule has 2 aromatic carbocycles. The van der Waals surface area contributed by atoms with Gasteiger partial charge in [-0.2, -0.15) is 0 Å². The van der Waals surface area contributed by atoms with Gasteiger partial charge in [0, 0.05) is 25.3 Å². The van der Waals surface area contributed by atoms with E-state index in [1.165, 1.54) is 5.56 Å². The lowest BCUT2D eigenvalue weighted by Gasteiger charge is -2.34. The number of anilines is 1. The summed E-state index contributed by atoms with van der Waals surface area (Å²) >= 11 is 0. The summed E-state index contributed by atoms with van der Waals surface area (Å²) in [6.07, 6.45) is 0. The Morgan fingerprint density at radius 3 is 2.29 bits per heavy atom. The van der Waals surface area contributed by atoms with E-state index in [-0.39, 0.29) is 0 Å². The Hall–Kier alpha value is -2.62. The molecule has 0 saturated carbocycles. The third-order valence-corrected chi connectivity index (χ3v) is 4.73. The molecule has 1 aliphatic heterocycles. The third-order valence-electron chi connectivity index (χ3n) is 4.73. The maximum atomic E-state index is 12.5. The first-order valence-electron chi connectivity index (χ1n) is 8.20. The van der Waals surface area contributed by atoms with Crippen LogP contribution >= 0.6 is 0 Å². The van der Waals surface area contributed by atoms with Crippen molar-refractivity contribution >= 4 is 17.5 Å². The van der Waals surface area contributed by atoms with Crippen molar-refractivity contribution in [2.45, 2.75) is 27.3 Å². The minimum Gasteiger partial charge on any atom is -0.328 e. The van der Waals surface area contributed by atoms with Gasteiger partial charge in [0.2, 0.25) is 0 Å². The number of amides is 2. The Kier molecular flexibility index (Phi) is 4.38. The molecule has 0 unspecified atom stereocenters. The summed E-state index contributed by atoms with van der Waals surface area (Å²) in [7, 11) is 0. The third kappa shape index (κ3) is 3.04. The molecule has 1 fully saturated rings. The van der Waals surface area contributed by atoms with E-state index in [1.54, 1.807) is 9.80 Å². The molecule has 1 heterocycles. The monoisotopic (exact) mass is 322 g/mol. The summed E-state index contributed by atoms with van der Waals surface area (Å²) in [4.78, 5) is 28.3. The molecular weight excluding hydrogens is 300 g/mol. The van der Waals surface area contributed by atoms with Crippen LogP contribution in [0.25, 0.3) is 0 Å². The summed E-state index contributed by atoms with van der Waals surface area (Å²) in [6.45, 7) is 7.63. The predicted octanol–water partition coefficient (Wildman–Crippen LogP) is 2.99. The Bertz CT molecular complexity index is 798. The largest absolute Gasteiger partial charge is 0.328 e. The van der Waals surface area contributed by atoms with Gasteiger partial charge >= 0.3 is 11.8 Å². The van der Waals surface area contributed by atoms with E-state index < -0.39 is 11.8 Å². The number of aryl methyl sites for hydroxylation is 3. The van der Waals surface area contributed by atoms with Crippen LogP contribution in [0.3, 0.4) is 0 Å². The van der Waals surface area contributed by atoms with E-state index >= 15 is 0 Å². The van der Waals surface area contributed by atoms with E-state index in [9.17, 15) is 9.59 Å². The molecule has 2 aromatic rings. The molecule has 1 aliphatic rings. The molecule has 0 aromatic heterocycles. The zero-order valence-electron chi connectivity index (χ0n) is 14.4. The van der Waals surface area contributed by atoms with Crippen LogP contribution in [0, 0.1) is 20.8 Å². The molecule has 3 rings (SSSR count). The highest BCUT2D eigenvalue weighted by Crippen LogP contribution is 2.22. The zero-order valence-corrected chi connectivity index (χ0v) is 14.4. The second-order valence-corrected chi connectivity index (χ2v) is 6.38. The number of piperazine rings is 1. The molecular formula is C20H22N2O2. The second-order valence-electron chi connectivity index (χ2n) is 6.38. The van der Waals surface area contributed by atoms with Gasteiger partial charge in [0.25, 0.3) is 0 Å². The van der Waals surface area contributed by atoms with E-state index in [2.05, 4.69) is 0 Å². The van der Waals surface area contributed by atoms with Gasteiger partial charge in [-0.1, -0.05) is 30.3 Å². The van der Waals surface area contributed by atoms with E-state index in [1.807, 2.05) is 63.2 Å². The number of rotatable bonds is 3. The van der Waals surface area contributed by atoms with Gasteiger partial charge < -0.3 is 9.80 Å². The topological polar surface area (TPSA) is 40.6 Å². The Balaban J connectivity index is 1.77. The van der Waals surface area contributed by atoms with Crippen LogP contribution in [0.4, 0.5) is 5.69 Å². The average Bonchev–Trinajstić information content (AvgIpc) is 2.57. The van der Waals surface area contributed by atoms with Crippen molar-refractivity contribution < 1.29 is 9.59 Å². The van der Waals surface area contributed by atoms with Gasteiger partial charge in [0.1, 0.15) is 0 Å². The lowest BCUT2D eigenvalue weighted by atomic mass is 10.1. The number of nitrogens with zero attached hydrogens (tertiary/aromatic N) is 2. The minimum absolute atomic E-state index is 0.428. The maximum Gasteiger partial charge on any atom is 0.316 e. The van der Waals surface area contributed by atoms with Gasteiger partial charge in [0.15, 0.2) is 0 Å². The molecule has 1 saturated heterocycles. The van der Waals surface area contributed by atoms with Gasteiger partial charge in [-0.3, -0.25) is 9.59 Å². The predicted molar refractivity (Wildman–Crippen MR) is 94.9 cm³/mol. The van der Waals surface area contributed by atoms with E-state index in [4.69, 9.17) is 0 Å². The number of hydrogen-bond donors (Lipinski definition) is 0. The average molecular weight is 322 g/mol. The summed E-state index contributed by atoms with van der Waals surface area (Å²) in [5.41, 5.74) is 5.31. The SMILES string of the molecule is Cc1ccc(N2CCN(Cc3ccccc3C)C(=O)C2=O)cc1C. The fraction of sp³-hybridized carbons (Fsp3) is 0.300. The van der Waals surface area contributed by atoms with Crippen molar-refractivity contribution in [1.29, 1.82) is 0 Å². The second kappa shape index (κ2) is 6.48. The smallest absolute Gasteiger partial charge is 0.316 e. The van der Waals surface area contributed by atoms with Crippen molar-refractivity contribution in [3.63, 3.8) is 0 Å². The van der Waals surface area contributed by atoms with E-state index in [0.29, 0.717) is 19.6 Å². The lowest BCUT2D eigenvalue weighted by molar-refractivity contribution is -0.146. The van der Waals surface area contributed by atoms with Crippen LogP contribution in [0.1, 0.15) is 22.3 Å². The normalized spacial score (nSPS) is 15.1. The van der Waals surface area contributed by atoms with Crippen molar-refractivity contribution in [2.75, 3.05) is 18.0 Å². The van der Waals surface area contributed by atoms with Crippen LogP contribution in [0.2, 0.25) is 0 Å². The summed E-state index contributed by atoms with van der Waals surface area (Å²) < 4.78 is 0. The molecule has 0 spiro atoms. The van der Waals surface area contributed by atoms with Crippen LogP contribution < -0.4 is 4.90 Å². The number of hydrogen-bond acceptors (Lipinski definition) is 2. The molecule has 0 N–H and O–H groups in total.